The molecule has 0 bridgehead atoms. The molecule has 2 unspecified atom stereocenters. The predicted octanol–water partition coefficient (Wildman–Crippen LogP) is 5.73. The highest BCUT2D eigenvalue weighted by Crippen LogP contribution is 2.42. The van der Waals surface area contributed by atoms with E-state index in [1.165, 1.54) is 29.5 Å². The lowest BCUT2D eigenvalue weighted by molar-refractivity contribution is 0.0101. The number of hydrogen-bond donors (Lipinski definition) is 0. The zero-order valence-corrected chi connectivity index (χ0v) is 17.5. The highest BCUT2D eigenvalue weighted by atomic mass is 16.5. The maximum absolute atomic E-state index is 6.85. The lowest BCUT2D eigenvalue weighted by Gasteiger charge is -2.36. The van der Waals surface area contributed by atoms with Gasteiger partial charge in [0.2, 0.25) is 0 Å². The van der Waals surface area contributed by atoms with Crippen molar-refractivity contribution in [1.29, 1.82) is 0 Å². The second-order valence-electron chi connectivity index (χ2n) is 8.30. The number of hydrogen-bond acceptors (Lipinski definition) is 2. The van der Waals surface area contributed by atoms with E-state index in [-0.39, 0.29) is 0 Å². The molecule has 3 aromatic carbocycles. The molecule has 0 N–H and O–H groups in total. The van der Waals surface area contributed by atoms with Gasteiger partial charge in [-0.1, -0.05) is 91.0 Å². The summed E-state index contributed by atoms with van der Waals surface area (Å²) in [6, 6.07) is 32.7. The molecule has 0 aliphatic heterocycles. The molecular weight excluding hydrogens is 354 g/mol. The van der Waals surface area contributed by atoms with Crippen molar-refractivity contribution in [3.8, 4) is 0 Å². The maximum atomic E-state index is 6.85. The van der Waals surface area contributed by atoms with Crippen molar-refractivity contribution in [2.75, 3.05) is 20.7 Å². The van der Waals surface area contributed by atoms with Crippen molar-refractivity contribution in [3.05, 3.63) is 108 Å². The fourth-order valence-corrected chi connectivity index (χ4v) is 4.51. The zero-order valence-electron chi connectivity index (χ0n) is 17.5. The van der Waals surface area contributed by atoms with Gasteiger partial charge in [0.15, 0.2) is 0 Å². The van der Waals surface area contributed by atoms with E-state index in [9.17, 15) is 0 Å². The summed E-state index contributed by atoms with van der Waals surface area (Å²) in [5, 5.41) is 0. The predicted molar refractivity (Wildman–Crippen MR) is 120 cm³/mol. The van der Waals surface area contributed by atoms with Crippen LogP contribution in [0.25, 0.3) is 0 Å². The molecule has 29 heavy (non-hydrogen) atoms. The van der Waals surface area contributed by atoms with Gasteiger partial charge in [-0.25, -0.2) is 0 Å². The fraction of sp³-hybridized carbons (Fsp3) is 0.333. The summed E-state index contributed by atoms with van der Waals surface area (Å²) in [6.45, 7) is 0.745. The van der Waals surface area contributed by atoms with E-state index in [1.807, 2.05) is 0 Å². The SMILES string of the molecule is CN(C)C1CC1CCCOC(c1ccccc1)(c1ccccc1)c1ccccc1. The summed E-state index contributed by atoms with van der Waals surface area (Å²) < 4.78 is 6.85. The van der Waals surface area contributed by atoms with Crippen LogP contribution in [0.2, 0.25) is 0 Å². The van der Waals surface area contributed by atoms with Gasteiger partial charge in [0.05, 0.1) is 0 Å². The largest absolute Gasteiger partial charge is 0.361 e. The molecule has 1 fully saturated rings. The molecule has 3 aromatic rings. The summed E-state index contributed by atoms with van der Waals surface area (Å²) in [4.78, 5) is 2.35. The van der Waals surface area contributed by atoms with Crippen molar-refractivity contribution >= 4 is 0 Å². The molecule has 0 saturated heterocycles. The van der Waals surface area contributed by atoms with Crippen molar-refractivity contribution in [1.82, 2.24) is 4.90 Å². The summed E-state index contributed by atoms with van der Waals surface area (Å²) >= 11 is 0. The number of benzene rings is 3. The third kappa shape index (κ3) is 4.29. The fourth-order valence-electron chi connectivity index (χ4n) is 4.51. The summed E-state index contributed by atoms with van der Waals surface area (Å²) in [5.74, 6) is 0.827. The molecule has 150 valence electrons. The average Bonchev–Trinajstić information content (AvgIpc) is 3.56. The first-order chi connectivity index (χ1) is 14.2. The monoisotopic (exact) mass is 385 g/mol. The van der Waals surface area contributed by atoms with Crippen LogP contribution in [-0.4, -0.2) is 31.6 Å². The molecule has 1 aliphatic rings. The Balaban J connectivity index is 1.63. The van der Waals surface area contributed by atoms with Gasteiger partial charge in [-0.05, 0) is 56.0 Å². The second-order valence-corrected chi connectivity index (χ2v) is 8.30. The minimum Gasteiger partial charge on any atom is -0.361 e. The zero-order chi connectivity index (χ0) is 20.1. The van der Waals surface area contributed by atoms with Gasteiger partial charge < -0.3 is 9.64 Å². The molecule has 0 radical (unpaired) electrons. The third-order valence-electron chi connectivity index (χ3n) is 6.13. The molecule has 4 rings (SSSR count). The topological polar surface area (TPSA) is 12.5 Å². The van der Waals surface area contributed by atoms with Crippen LogP contribution in [0.3, 0.4) is 0 Å². The molecule has 1 saturated carbocycles. The molecular formula is C27H31NO. The standard InChI is InChI=1S/C27H31NO/c1-28(2)26-21-22(26)13-12-20-29-27(23-14-6-3-7-15-23,24-16-8-4-9-17-24)25-18-10-5-11-19-25/h3-11,14-19,22,26H,12-13,20-21H2,1-2H3. The van der Waals surface area contributed by atoms with E-state index in [0.29, 0.717) is 0 Å². The lowest BCUT2D eigenvalue weighted by Crippen LogP contribution is -2.33. The highest BCUT2D eigenvalue weighted by Gasteiger charge is 2.39. The Morgan fingerprint density at radius 1 is 0.759 bits per heavy atom. The van der Waals surface area contributed by atoms with Crippen LogP contribution in [-0.2, 0) is 10.3 Å². The average molecular weight is 386 g/mol. The van der Waals surface area contributed by atoms with Crippen LogP contribution in [0.1, 0.15) is 36.0 Å². The maximum Gasteiger partial charge on any atom is 0.143 e. The first-order valence-electron chi connectivity index (χ1n) is 10.7. The minimum atomic E-state index is -0.589. The molecule has 0 aromatic heterocycles. The van der Waals surface area contributed by atoms with Crippen LogP contribution in [0, 0.1) is 5.92 Å². The van der Waals surface area contributed by atoms with Crippen molar-refractivity contribution in [2.24, 2.45) is 5.92 Å². The first kappa shape index (κ1) is 19.9. The van der Waals surface area contributed by atoms with Crippen molar-refractivity contribution in [2.45, 2.75) is 30.9 Å². The molecule has 0 spiro atoms. The van der Waals surface area contributed by atoms with Gasteiger partial charge in [-0.2, -0.15) is 0 Å². The van der Waals surface area contributed by atoms with Gasteiger partial charge in [-0.3, -0.25) is 0 Å². The summed E-state index contributed by atoms with van der Waals surface area (Å²) in [5.41, 5.74) is 2.94. The molecule has 2 nitrogen and oxygen atoms in total. The van der Waals surface area contributed by atoms with Crippen molar-refractivity contribution in [3.63, 3.8) is 0 Å². The van der Waals surface area contributed by atoms with Gasteiger partial charge in [0.1, 0.15) is 5.60 Å². The Hall–Kier alpha value is -2.42. The van der Waals surface area contributed by atoms with Crippen LogP contribution >= 0.6 is 0 Å². The third-order valence-corrected chi connectivity index (χ3v) is 6.13. The number of ether oxygens (including phenoxy) is 1. The Kier molecular flexibility index (Phi) is 6.13. The van der Waals surface area contributed by atoms with Crippen LogP contribution in [0.5, 0.6) is 0 Å². The van der Waals surface area contributed by atoms with Crippen molar-refractivity contribution < 1.29 is 4.74 Å². The Morgan fingerprint density at radius 3 is 1.59 bits per heavy atom. The smallest absolute Gasteiger partial charge is 0.143 e. The van der Waals surface area contributed by atoms with E-state index < -0.39 is 5.60 Å². The summed E-state index contributed by atoms with van der Waals surface area (Å²) in [7, 11) is 4.37. The first-order valence-corrected chi connectivity index (χ1v) is 10.7. The number of rotatable bonds is 9. The number of nitrogens with zero attached hydrogens (tertiary/aromatic N) is 1. The Labute approximate surface area is 175 Å². The van der Waals surface area contributed by atoms with Gasteiger partial charge in [-0.15, -0.1) is 0 Å². The Bertz CT molecular complexity index is 780. The minimum absolute atomic E-state index is 0.589. The van der Waals surface area contributed by atoms with Crippen LogP contribution < -0.4 is 0 Å². The van der Waals surface area contributed by atoms with Crippen LogP contribution in [0.15, 0.2) is 91.0 Å². The molecule has 0 heterocycles. The lowest BCUT2D eigenvalue weighted by atomic mass is 9.80. The molecule has 1 aliphatic carbocycles. The quantitative estimate of drug-likeness (QED) is 0.345. The van der Waals surface area contributed by atoms with E-state index in [2.05, 4.69) is 110 Å². The molecule has 2 atom stereocenters. The summed E-state index contributed by atoms with van der Waals surface area (Å²) in [6.07, 6.45) is 3.65. The van der Waals surface area contributed by atoms with E-state index in [4.69, 9.17) is 4.74 Å². The molecule has 0 amide bonds. The van der Waals surface area contributed by atoms with Gasteiger partial charge >= 0.3 is 0 Å². The highest BCUT2D eigenvalue weighted by molar-refractivity contribution is 5.47. The molecule has 2 heteroatoms. The van der Waals surface area contributed by atoms with Gasteiger partial charge in [0, 0.05) is 12.6 Å². The Morgan fingerprint density at radius 2 is 1.21 bits per heavy atom. The second kappa shape index (κ2) is 8.94. The van der Waals surface area contributed by atoms with Gasteiger partial charge in [0.25, 0.3) is 0 Å². The van der Waals surface area contributed by atoms with Crippen LogP contribution in [0.4, 0.5) is 0 Å². The normalized spacial score (nSPS) is 18.7. The van der Waals surface area contributed by atoms with E-state index in [0.717, 1.165) is 25.0 Å². The van der Waals surface area contributed by atoms with E-state index in [1.54, 1.807) is 0 Å². The van der Waals surface area contributed by atoms with E-state index >= 15 is 0 Å².